The van der Waals surface area contributed by atoms with Gasteiger partial charge in [-0.15, -0.1) is 0 Å². The number of hydrogen-bond donors (Lipinski definition) is 0. The monoisotopic (exact) mass is 280 g/mol. The predicted molar refractivity (Wildman–Crippen MR) is 87.2 cm³/mol. The van der Waals surface area contributed by atoms with E-state index in [-0.39, 0.29) is 0 Å². The summed E-state index contributed by atoms with van der Waals surface area (Å²) in [5.41, 5.74) is 8.87. The Morgan fingerprint density at radius 3 is 2.10 bits per heavy atom. The van der Waals surface area contributed by atoms with Crippen LogP contribution in [0.4, 0.5) is 5.69 Å². The number of fused-ring (bicyclic) bond motifs is 1. The van der Waals surface area contributed by atoms with E-state index in [9.17, 15) is 0 Å². The van der Waals surface area contributed by atoms with Gasteiger partial charge in [0.15, 0.2) is 6.21 Å². The molecule has 0 saturated carbocycles. The van der Waals surface area contributed by atoms with Gasteiger partial charge in [0, 0.05) is 11.6 Å². The van der Waals surface area contributed by atoms with Gasteiger partial charge in [0.05, 0.1) is 0 Å². The van der Waals surface area contributed by atoms with Crippen molar-refractivity contribution in [2.45, 2.75) is 34.6 Å². The third kappa shape index (κ3) is 2.46. The Balaban J connectivity index is 2.13. The van der Waals surface area contributed by atoms with Crippen LogP contribution in [-0.4, -0.2) is 17.5 Å². The number of hydrogen-bond acceptors (Lipinski definition) is 1. The topological polar surface area (TPSA) is 12.2 Å². The van der Waals surface area contributed by atoms with Crippen LogP contribution in [0.5, 0.6) is 5.75 Å². The van der Waals surface area contributed by atoms with Gasteiger partial charge in [-0.2, -0.15) is 4.58 Å². The Bertz CT molecular complexity index is 733. The molecule has 0 unspecified atom stereocenters. The van der Waals surface area contributed by atoms with Gasteiger partial charge in [0.1, 0.15) is 0 Å². The lowest BCUT2D eigenvalue weighted by Crippen LogP contribution is -2.09. The maximum Gasteiger partial charge on any atom is 0.293 e. The van der Waals surface area contributed by atoms with E-state index in [1.54, 1.807) is 0 Å². The Hall–Kier alpha value is -2.09. The van der Waals surface area contributed by atoms with E-state index in [1.165, 1.54) is 39.1 Å². The summed E-state index contributed by atoms with van der Waals surface area (Å²) in [6.45, 7) is 11.3. The van der Waals surface area contributed by atoms with Crippen LogP contribution in [-0.2, 0) is 0 Å². The summed E-state index contributed by atoms with van der Waals surface area (Å²) in [6.07, 6.45) is 2.22. The van der Waals surface area contributed by atoms with Crippen molar-refractivity contribution >= 4 is 11.9 Å². The van der Waals surface area contributed by atoms with E-state index in [4.69, 9.17) is 4.74 Å². The van der Waals surface area contributed by atoms with Crippen LogP contribution in [0, 0.1) is 34.6 Å². The molecule has 0 saturated heterocycles. The second-order valence-electron chi connectivity index (χ2n) is 6.11. The molecule has 0 fully saturated rings. The molecule has 108 valence electrons. The summed E-state index contributed by atoms with van der Waals surface area (Å²) >= 11 is 0. The molecule has 21 heavy (non-hydrogen) atoms. The van der Waals surface area contributed by atoms with Gasteiger partial charge in [0.25, 0.3) is 12.4 Å². The molecule has 0 aliphatic carbocycles. The summed E-state index contributed by atoms with van der Waals surface area (Å²) in [6, 6.07) is 8.84. The molecule has 1 aliphatic rings. The average molecular weight is 280 g/mol. The molecule has 2 aromatic rings. The molecule has 3 rings (SSSR count). The van der Waals surface area contributed by atoms with Gasteiger partial charge in [0.2, 0.25) is 5.75 Å². The van der Waals surface area contributed by atoms with Crippen LogP contribution in [0.3, 0.4) is 0 Å². The molecular weight excluding hydrogens is 258 g/mol. The summed E-state index contributed by atoms with van der Waals surface area (Å²) in [5, 5.41) is 0. The van der Waals surface area contributed by atoms with Gasteiger partial charge in [-0.05, 0) is 56.9 Å². The lowest BCUT2D eigenvalue weighted by molar-refractivity contribution is -0.452. The normalized spacial score (nSPS) is 15.2. The minimum absolute atomic E-state index is 0.590. The molecule has 0 bridgehead atoms. The SMILES string of the molecule is Cc1cc(C)c(/C=[N+]2/COc3c(C)cc(C)cc32)c(C)c1. The molecule has 0 N–H and O–H groups in total. The highest BCUT2D eigenvalue weighted by Crippen LogP contribution is 2.36. The fraction of sp³-hybridized carbons (Fsp3) is 0.316. The summed E-state index contributed by atoms with van der Waals surface area (Å²) < 4.78 is 8.08. The zero-order valence-electron chi connectivity index (χ0n) is 13.4. The van der Waals surface area contributed by atoms with Crippen molar-refractivity contribution in [1.82, 2.24) is 0 Å². The van der Waals surface area contributed by atoms with Gasteiger partial charge in [-0.3, -0.25) is 0 Å². The van der Waals surface area contributed by atoms with Crippen LogP contribution in [0.25, 0.3) is 0 Å². The predicted octanol–water partition coefficient (Wildman–Crippen LogP) is 4.34. The molecule has 1 aliphatic heterocycles. The van der Waals surface area contributed by atoms with E-state index < -0.39 is 0 Å². The maximum atomic E-state index is 5.87. The standard InChI is InChI=1S/C19H22NO/c1-12-6-14(3)17(15(4)7-12)10-20-11-21-19-16(5)8-13(2)9-18(19)20/h6-10H,11H2,1-5H3/q+1/b20-10-. The second-order valence-corrected chi connectivity index (χ2v) is 6.11. The fourth-order valence-electron chi connectivity index (χ4n) is 3.19. The molecule has 0 radical (unpaired) electrons. The zero-order chi connectivity index (χ0) is 15.1. The molecule has 0 atom stereocenters. The van der Waals surface area contributed by atoms with Crippen LogP contribution in [0.1, 0.15) is 33.4 Å². The summed E-state index contributed by atoms with van der Waals surface area (Å²) in [4.78, 5) is 0. The quantitative estimate of drug-likeness (QED) is 0.708. The first-order valence-corrected chi connectivity index (χ1v) is 7.39. The largest absolute Gasteiger partial charge is 0.429 e. The van der Waals surface area contributed by atoms with Crippen molar-refractivity contribution < 1.29 is 9.31 Å². The Morgan fingerprint density at radius 2 is 1.43 bits per heavy atom. The van der Waals surface area contributed by atoms with E-state index in [2.05, 4.69) is 69.7 Å². The Morgan fingerprint density at radius 1 is 0.857 bits per heavy atom. The van der Waals surface area contributed by atoms with E-state index in [1.807, 2.05) is 0 Å². The van der Waals surface area contributed by atoms with E-state index >= 15 is 0 Å². The molecule has 2 nitrogen and oxygen atoms in total. The van der Waals surface area contributed by atoms with Crippen LogP contribution >= 0.6 is 0 Å². The summed E-state index contributed by atoms with van der Waals surface area (Å²) in [7, 11) is 0. The summed E-state index contributed by atoms with van der Waals surface area (Å²) in [5.74, 6) is 1.01. The molecule has 2 heteroatoms. The Kier molecular flexibility index (Phi) is 3.32. The second kappa shape index (κ2) is 5.03. The highest BCUT2D eigenvalue weighted by Gasteiger charge is 2.27. The minimum atomic E-state index is 0.590. The third-order valence-corrected chi connectivity index (χ3v) is 4.08. The van der Waals surface area contributed by atoms with Gasteiger partial charge in [-0.25, -0.2) is 0 Å². The minimum Gasteiger partial charge on any atom is -0.429 e. The fourth-order valence-corrected chi connectivity index (χ4v) is 3.19. The zero-order valence-corrected chi connectivity index (χ0v) is 13.4. The van der Waals surface area contributed by atoms with Crippen molar-refractivity contribution in [3.05, 3.63) is 57.6 Å². The highest BCUT2D eigenvalue weighted by molar-refractivity contribution is 5.81. The smallest absolute Gasteiger partial charge is 0.293 e. The van der Waals surface area contributed by atoms with Crippen molar-refractivity contribution in [2.24, 2.45) is 0 Å². The number of ether oxygens (including phenoxy) is 1. The molecule has 0 amide bonds. The third-order valence-electron chi connectivity index (χ3n) is 4.08. The average Bonchev–Trinajstić information content (AvgIpc) is 2.77. The van der Waals surface area contributed by atoms with Gasteiger partial charge < -0.3 is 4.74 Å². The lowest BCUT2D eigenvalue weighted by atomic mass is 10.0. The van der Waals surface area contributed by atoms with Crippen molar-refractivity contribution in [3.63, 3.8) is 0 Å². The Labute approximate surface area is 126 Å². The lowest BCUT2D eigenvalue weighted by Gasteiger charge is -2.05. The maximum absolute atomic E-state index is 5.87. The van der Waals surface area contributed by atoms with Crippen molar-refractivity contribution in [3.8, 4) is 5.75 Å². The molecule has 0 aromatic heterocycles. The van der Waals surface area contributed by atoms with Gasteiger partial charge >= 0.3 is 0 Å². The molecule has 2 aromatic carbocycles. The van der Waals surface area contributed by atoms with E-state index in [0.717, 1.165) is 5.75 Å². The molecule has 0 spiro atoms. The van der Waals surface area contributed by atoms with Crippen molar-refractivity contribution in [1.29, 1.82) is 0 Å². The first-order chi connectivity index (χ1) is 9.95. The number of rotatable bonds is 1. The first kappa shape index (κ1) is 13.9. The molecule has 1 heterocycles. The molecular formula is C19H22NO+. The van der Waals surface area contributed by atoms with Gasteiger partial charge in [-0.1, -0.05) is 23.8 Å². The highest BCUT2D eigenvalue weighted by atomic mass is 16.5. The van der Waals surface area contributed by atoms with E-state index in [0.29, 0.717) is 6.73 Å². The first-order valence-electron chi connectivity index (χ1n) is 7.39. The van der Waals surface area contributed by atoms with Crippen LogP contribution < -0.4 is 4.74 Å². The van der Waals surface area contributed by atoms with Crippen molar-refractivity contribution in [2.75, 3.05) is 6.73 Å². The number of aryl methyl sites for hydroxylation is 5. The van der Waals surface area contributed by atoms with Crippen LogP contribution in [0.2, 0.25) is 0 Å². The van der Waals surface area contributed by atoms with Crippen LogP contribution in [0.15, 0.2) is 24.3 Å². The number of nitrogens with zero attached hydrogens (tertiary/aromatic N) is 1. The number of benzene rings is 2.